The first-order chi connectivity index (χ1) is 17.1. The molecule has 1 saturated carbocycles. The summed E-state index contributed by atoms with van der Waals surface area (Å²) < 4.78 is 1.59. The van der Waals surface area contributed by atoms with Crippen molar-refractivity contribution in [3.8, 4) is 5.88 Å². The van der Waals surface area contributed by atoms with Gasteiger partial charge in [-0.3, -0.25) is 9.88 Å². The molecule has 1 aromatic carbocycles. The van der Waals surface area contributed by atoms with Crippen molar-refractivity contribution in [1.29, 1.82) is 0 Å². The third kappa shape index (κ3) is 4.80. The molecule has 0 amide bonds. The summed E-state index contributed by atoms with van der Waals surface area (Å²) >= 11 is 0. The lowest BCUT2D eigenvalue weighted by Gasteiger charge is -2.14. The Labute approximate surface area is 200 Å². The van der Waals surface area contributed by atoms with Crippen molar-refractivity contribution in [1.82, 2.24) is 34.4 Å². The van der Waals surface area contributed by atoms with E-state index in [1.807, 2.05) is 0 Å². The average Bonchev–Trinajstić information content (AvgIpc) is 3.20. The van der Waals surface area contributed by atoms with Crippen LogP contribution in [0, 0.1) is 0 Å². The Hall–Kier alpha value is -3.99. The van der Waals surface area contributed by atoms with Crippen LogP contribution in [0.15, 0.2) is 40.2 Å². The van der Waals surface area contributed by atoms with Crippen molar-refractivity contribution in [2.75, 3.05) is 18.4 Å². The summed E-state index contributed by atoms with van der Waals surface area (Å²) in [6.07, 6.45) is 7.90. The molecule has 1 aliphatic heterocycles. The smallest absolute Gasteiger partial charge is 0.326 e. The minimum Gasteiger partial charge on any atom is -0.493 e. The zero-order valence-electron chi connectivity index (χ0n) is 19.2. The zero-order valence-corrected chi connectivity index (χ0v) is 19.2. The van der Waals surface area contributed by atoms with Gasteiger partial charge in [0.1, 0.15) is 5.69 Å². The Morgan fingerprint density at radius 2 is 1.89 bits per heavy atom. The molecule has 4 heterocycles. The number of aromatic hydroxyl groups is 1. The van der Waals surface area contributed by atoms with E-state index in [9.17, 15) is 9.90 Å². The second-order valence-corrected chi connectivity index (χ2v) is 9.18. The molecule has 0 unspecified atom stereocenters. The normalized spacial score (nSPS) is 17.6. The number of benzene rings is 1. The van der Waals surface area contributed by atoms with E-state index < -0.39 is 5.69 Å². The Morgan fingerprint density at radius 3 is 2.60 bits per heavy atom. The number of imidazole rings is 1. The zero-order chi connectivity index (χ0) is 23.8. The van der Waals surface area contributed by atoms with Gasteiger partial charge in [0.2, 0.25) is 11.8 Å². The number of fused-ring (bicyclic) bond motifs is 1. The quantitative estimate of drug-likeness (QED) is 0.309. The molecule has 1 aliphatic carbocycles. The van der Waals surface area contributed by atoms with E-state index in [-0.39, 0.29) is 17.6 Å². The first-order valence-electron chi connectivity index (χ1n) is 12.0. The van der Waals surface area contributed by atoms with Crippen LogP contribution in [0.2, 0.25) is 0 Å². The standard InChI is InChI=1S/C24H27N9O2/c34-21-19(28-24(35)30-21)11-17-13-26-33-20(17)29-22(31-23(33)27-18-7-8-18)25-12-15-3-5-16(6-4-15)14-32-9-1-2-10-32/h3-6,11,13,18,34H,1-2,7-10,12,14H2,(H,25,27,31)(H2,28,30,35). The molecule has 11 heteroatoms. The highest BCUT2D eigenvalue weighted by Crippen LogP contribution is 2.22. The van der Waals surface area contributed by atoms with Crippen molar-refractivity contribution < 1.29 is 5.11 Å². The molecule has 11 nitrogen and oxygen atoms in total. The Kier molecular flexibility index (Phi) is 5.53. The van der Waals surface area contributed by atoms with Gasteiger partial charge in [-0.05, 0) is 56.0 Å². The number of rotatable bonds is 7. The third-order valence-corrected chi connectivity index (χ3v) is 6.34. The van der Waals surface area contributed by atoms with E-state index in [4.69, 9.17) is 4.99 Å². The van der Waals surface area contributed by atoms with Gasteiger partial charge in [-0.25, -0.2) is 9.79 Å². The van der Waals surface area contributed by atoms with Crippen LogP contribution in [-0.4, -0.2) is 58.7 Å². The summed E-state index contributed by atoms with van der Waals surface area (Å²) in [6.45, 7) is 3.94. The molecule has 4 aromatic rings. The van der Waals surface area contributed by atoms with Crippen molar-refractivity contribution in [3.05, 3.63) is 68.6 Å². The van der Waals surface area contributed by atoms with Crippen LogP contribution in [0.25, 0.3) is 11.7 Å². The number of likely N-dealkylation sites (tertiary alicyclic amines) is 1. The lowest BCUT2D eigenvalue weighted by atomic mass is 10.1. The van der Waals surface area contributed by atoms with Crippen LogP contribution < -0.4 is 21.8 Å². The second-order valence-electron chi connectivity index (χ2n) is 9.18. The highest BCUT2D eigenvalue weighted by Gasteiger charge is 2.21. The Balaban J connectivity index is 1.28. The molecule has 6 rings (SSSR count). The third-order valence-electron chi connectivity index (χ3n) is 6.34. The van der Waals surface area contributed by atoms with Crippen molar-refractivity contribution in [2.24, 2.45) is 4.99 Å². The molecular formula is C24H27N9O2. The second kappa shape index (κ2) is 8.99. The van der Waals surface area contributed by atoms with E-state index in [1.54, 1.807) is 16.8 Å². The number of nitrogens with zero attached hydrogens (tertiary/aromatic N) is 6. The first-order valence-corrected chi connectivity index (χ1v) is 12.0. The molecule has 3 aromatic heterocycles. The highest BCUT2D eigenvalue weighted by molar-refractivity contribution is 5.57. The van der Waals surface area contributed by atoms with Gasteiger partial charge in [-0.2, -0.15) is 19.6 Å². The summed E-state index contributed by atoms with van der Waals surface area (Å²) in [5.41, 5.74) is 3.24. The number of nitrogens with one attached hydrogen (secondary N) is 3. The van der Waals surface area contributed by atoms with Crippen molar-refractivity contribution in [2.45, 2.75) is 44.8 Å². The monoisotopic (exact) mass is 473 g/mol. The van der Waals surface area contributed by atoms with Gasteiger partial charge in [0.15, 0.2) is 5.65 Å². The van der Waals surface area contributed by atoms with Crippen LogP contribution in [0.1, 0.15) is 42.5 Å². The summed E-state index contributed by atoms with van der Waals surface area (Å²) in [6, 6.07) is 8.89. The highest BCUT2D eigenvalue weighted by atomic mass is 16.3. The summed E-state index contributed by atoms with van der Waals surface area (Å²) in [7, 11) is 0. The summed E-state index contributed by atoms with van der Waals surface area (Å²) in [4.78, 5) is 32.8. The van der Waals surface area contributed by atoms with Crippen LogP contribution >= 0.6 is 0 Å². The minimum atomic E-state index is -0.488. The average molecular weight is 474 g/mol. The largest absolute Gasteiger partial charge is 0.493 e. The lowest BCUT2D eigenvalue weighted by molar-refractivity contribution is 0.331. The fraction of sp³-hybridized carbons (Fsp3) is 0.375. The fourth-order valence-electron chi connectivity index (χ4n) is 4.30. The molecule has 180 valence electrons. The maximum atomic E-state index is 11.5. The van der Waals surface area contributed by atoms with Gasteiger partial charge in [-0.1, -0.05) is 24.3 Å². The number of anilines is 1. The molecule has 0 atom stereocenters. The molecule has 1 saturated heterocycles. The Bertz CT molecular complexity index is 1520. The van der Waals surface area contributed by atoms with E-state index in [2.05, 4.69) is 59.5 Å². The summed E-state index contributed by atoms with van der Waals surface area (Å²) in [5.74, 6) is 0.206. The van der Waals surface area contributed by atoms with Gasteiger partial charge >= 0.3 is 5.69 Å². The van der Waals surface area contributed by atoms with E-state index in [0.29, 0.717) is 29.0 Å². The van der Waals surface area contributed by atoms with Gasteiger partial charge in [0.25, 0.3) is 5.62 Å². The fourth-order valence-corrected chi connectivity index (χ4v) is 4.30. The molecule has 2 fully saturated rings. The number of hydrogen-bond donors (Lipinski definition) is 4. The lowest BCUT2D eigenvalue weighted by Crippen LogP contribution is -2.24. The molecule has 2 aliphatic rings. The SMILES string of the molecule is O=c1[nH]c(O)c(C=c2cnn3c(=NC4CC4)nc(NCc4ccc(CN5CCCC5)cc4)nc23)[nH]1. The number of aromatic amines is 2. The number of aromatic nitrogens is 6. The van der Waals surface area contributed by atoms with Crippen molar-refractivity contribution >= 4 is 17.7 Å². The molecule has 0 spiro atoms. The summed E-state index contributed by atoms with van der Waals surface area (Å²) in [5, 5.41) is 18.3. The van der Waals surface area contributed by atoms with Gasteiger partial charge in [0.05, 0.1) is 12.2 Å². The number of H-pyrrole nitrogens is 2. The maximum absolute atomic E-state index is 11.5. The molecule has 0 bridgehead atoms. The van der Waals surface area contributed by atoms with Crippen LogP contribution in [0.5, 0.6) is 5.88 Å². The molecule has 35 heavy (non-hydrogen) atoms. The Morgan fingerprint density at radius 1 is 1.11 bits per heavy atom. The maximum Gasteiger partial charge on any atom is 0.326 e. The predicted octanol–water partition coefficient (Wildman–Crippen LogP) is 0.665. The van der Waals surface area contributed by atoms with Crippen LogP contribution in [-0.2, 0) is 13.1 Å². The molecular weight excluding hydrogens is 446 g/mol. The van der Waals surface area contributed by atoms with Crippen LogP contribution in [0.3, 0.4) is 0 Å². The topological polar surface area (TPSA) is 140 Å². The van der Waals surface area contributed by atoms with E-state index in [1.165, 1.54) is 31.5 Å². The van der Waals surface area contributed by atoms with E-state index in [0.717, 1.165) is 24.9 Å². The van der Waals surface area contributed by atoms with Gasteiger partial charge in [0, 0.05) is 18.3 Å². The van der Waals surface area contributed by atoms with Crippen molar-refractivity contribution in [3.63, 3.8) is 0 Å². The molecule has 4 N–H and O–H groups in total. The van der Waals surface area contributed by atoms with E-state index >= 15 is 0 Å². The minimum absolute atomic E-state index is 0.238. The predicted molar refractivity (Wildman–Crippen MR) is 130 cm³/mol. The van der Waals surface area contributed by atoms with Gasteiger partial charge < -0.3 is 15.4 Å². The van der Waals surface area contributed by atoms with Gasteiger partial charge in [-0.15, -0.1) is 0 Å². The van der Waals surface area contributed by atoms with Crippen LogP contribution in [0.4, 0.5) is 5.95 Å². The number of hydrogen-bond acceptors (Lipinski definition) is 8. The first kappa shape index (κ1) is 21.5. The molecule has 0 radical (unpaired) electrons.